The molecule has 0 aromatic heterocycles. The van der Waals surface area contributed by atoms with Gasteiger partial charge in [0.15, 0.2) is 0 Å². The molecule has 1 rings (SSSR count). The largest absolute Gasteiger partial charge is 0.493 e. The minimum Gasteiger partial charge on any atom is -0.493 e. The van der Waals surface area contributed by atoms with E-state index in [4.69, 9.17) is 9.84 Å². The fourth-order valence-corrected chi connectivity index (χ4v) is 1.83. The minimum atomic E-state index is -1.23. The van der Waals surface area contributed by atoms with Gasteiger partial charge in [0, 0.05) is 7.05 Å². The van der Waals surface area contributed by atoms with Crippen LogP contribution in [0.5, 0.6) is 5.75 Å². The Balaban J connectivity index is 2.56. The van der Waals surface area contributed by atoms with Crippen LogP contribution < -0.4 is 4.74 Å². The van der Waals surface area contributed by atoms with Gasteiger partial charge in [0.2, 0.25) is 5.91 Å². The van der Waals surface area contributed by atoms with Gasteiger partial charge in [-0.05, 0) is 39.3 Å². The number of carboxylic acid groups (broad SMARTS) is 1. The van der Waals surface area contributed by atoms with Crippen molar-refractivity contribution in [2.24, 2.45) is 0 Å². The Labute approximate surface area is 125 Å². The van der Waals surface area contributed by atoms with E-state index in [0.29, 0.717) is 0 Å². The number of carbonyl (C=O) groups is 2. The first-order valence-corrected chi connectivity index (χ1v) is 6.86. The molecular formula is C16H23NO4. The van der Waals surface area contributed by atoms with Gasteiger partial charge >= 0.3 is 5.97 Å². The molecule has 0 aliphatic rings. The lowest BCUT2D eigenvalue weighted by atomic mass is 10.0. The predicted molar refractivity (Wildman–Crippen MR) is 80.5 cm³/mol. The lowest BCUT2D eigenvalue weighted by Crippen LogP contribution is -2.51. The first-order chi connectivity index (χ1) is 9.66. The van der Waals surface area contributed by atoms with Crippen LogP contribution in [0.2, 0.25) is 0 Å². The number of carboxylic acids is 1. The lowest BCUT2D eigenvalue weighted by molar-refractivity contribution is -0.155. The second-order valence-corrected chi connectivity index (χ2v) is 5.68. The molecule has 0 saturated carbocycles. The van der Waals surface area contributed by atoms with E-state index >= 15 is 0 Å². The fourth-order valence-electron chi connectivity index (χ4n) is 1.83. The third-order valence-corrected chi connectivity index (χ3v) is 3.64. The Morgan fingerprint density at radius 2 is 1.90 bits per heavy atom. The number of nitrogens with zero attached hydrogens (tertiary/aromatic N) is 1. The molecule has 1 N–H and O–H groups in total. The van der Waals surface area contributed by atoms with Crippen molar-refractivity contribution in [2.75, 3.05) is 13.7 Å². The maximum absolute atomic E-state index is 12.0. The number of hydrogen-bond donors (Lipinski definition) is 1. The minimum absolute atomic E-state index is 0.139. The van der Waals surface area contributed by atoms with Crippen molar-refractivity contribution in [1.29, 1.82) is 0 Å². The second-order valence-electron chi connectivity index (χ2n) is 5.68. The average molecular weight is 293 g/mol. The summed E-state index contributed by atoms with van der Waals surface area (Å²) in [7, 11) is 1.49. The quantitative estimate of drug-likeness (QED) is 0.874. The summed E-state index contributed by atoms with van der Waals surface area (Å²) >= 11 is 0. The molecule has 0 bridgehead atoms. The second kappa shape index (κ2) is 6.61. The van der Waals surface area contributed by atoms with E-state index in [-0.39, 0.29) is 18.9 Å². The van der Waals surface area contributed by atoms with Crippen LogP contribution >= 0.6 is 0 Å². The van der Waals surface area contributed by atoms with Crippen LogP contribution in [-0.4, -0.2) is 41.1 Å². The summed E-state index contributed by atoms with van der Waals surface area (Å²) in [4.78, 5) is 24.4. The van der Waals surface area contributed by atoms with E-state index in [9.17, 15) is 9.59 Å². The van der Waals surface area contributed by atoms with Gasteiger partial charge in [-0.15, -0.1) is 0 Å². The van der Waals surface area contributed by atoms with Gasteiger partial charge in [0.1, 0.15) is 11.3 Å². The normalized spacial score (nSPS) is 11.1. The van der Waals surface area contributed by atoms with Crippen LogP contribution in [0.4, 0.5) is 0 Å². The van der Waals surface area contributed by atoms with E-state index in [1.165, 1.54) is 25.8 Å². The van der Waals surface area contributed by atoms with Crippen LogP contribution in [0, 0.1) is 13.8 Å². The number of hydrogen-bond acceptors (Lipinski definition) is 3. The van der Waals surface area contributed by atoms with Gasteiger partial charge < -0.3 is 14.7 Å². The Morgan fingerprint density at radius 3 is 2.43 bits per heavy atom. The topological polar surface area (TPSA) is 66.8 Å². The molecule has 0 saturated heterocycles. The highest BCUT2D eigenvalue weighted by molar-refractivity contribution is 5.86. The maximum atomic E-state index is 12.0. The molecule has 0 aliphatic heterocycles. The van der Waals surface area contributed by atoms with E-state index in [2.05, 4.69) is 0 Å². The lowest BCUT2D eigenvalue weighted by Gasteiger charge is -2.31. The van der Waals surface area contributed by atoms with Crippen LogP contribution in [0.15, 0.2) is 18.2 Å². The van der Waals surface area contributed by atoms with Gasteiger partial charge in [-0.1, -0.05) is 17.7 Å². The zero-order chi connectivity index (χ0) is 16.2. The van der Waals surface area contributed by atoms with Crippen molar-refractivity contribution >= 4 is 11.9 Å². The van der Waals surface area contributed by atoms with Gasteiger partial charge in [-0.25, -0.2) is 4.79 Å². The highest BCUT2D eigenvalue weighted by Gasteiger charge is 2.34. The summed E-state index contributed by atoms with van der Waals surface area (Å²) in [6, 6.07) is 5.83. The monoisotopic (exact) mass is 293 g/mol. The summed E-state index contributed by atoms with van der Waals surface area (Å²) in [5.41, 5.74) is 0.942. The van der Waals surface area contributed by atoms with Crippen LogP contribution in [0.1, 0.15) is 31.4 Å². The third-order valence-electron chi connectivity index (χ3n) is 3.64. The summed E-state index contributed by atoms with van der Waals surface area (Å²) < 4.78 is 5.59. The molecule has 0 atom stereocenters. The summed E-state index contributed by atoms with van der Waals surface area (Å²) in [5, 5.41) is 9.10. The molecule has 5 heteroatoms. The Bertz CT molecular complexity index is 537. The van der Waals surface area contributed by atoms with E-state index < -0.39 is 11.5 Å². The van der Waals surface area contributed by atoms with Crippen LogP contribution in [0.3, 0.4) is 0 Å². The Morgan fingerprint density at radius 1 is 1.29 bits per heavy atom. The summed E-state index contributed by atoms with van der Waals surface area (Å²) in [6.45, 7) is 7.17. The zero-order valence-corrected chi connectivity index (χ0v) is 13.3. The van der Waals surface area contributed by atoms with Crippen molar-refractivity contribution in [3.8, 4) is 5.75 Å². The molecule has 5 nitrogen and oxygen atoms in total. The molecule has 1 amide bonds. The van der Waals surface area contributed by atoms with Crippen LogP contribution in [-0.2, 0) is 9.59 Å². The van der Waals surface area contributed by atoms with Crippen molar-refractivity contribution in [3.63, 3.8) is 0 Å². The number of carbonyl (C=O) groups excluding carboxylic acids is 1. The van der Waals surface area contributed by atoms with Crippen molar-refractivity contribution in [1.82, 2.24) is 4.90 Å². The number of likely N-dealkylation sites (N-methyl/N-ethyl adjacent to an activating group) is 1. The molecule has 0 aliphatic carbocycles. The SMILES string of the molecule is Cc1ccc(OCCC(=O)N(C)C(C)(C)C(=O)O)c(C)c1. The molecule has 0 spiro atoms. The van der Waals surface area contributed by atoms with E-state index in [0.717, 1.165) is 16.9 Å². The van der Waals surface area contributed by atoms with Gasteiger partial charge in [0.25, 0.3) is 0 Å². The molecule has 1 aromatic rings. The molecule has 0 heterocycles. The highest BCUT2D eigenvalue weighted by Crippen LogP contribution is 2.19. The number of ether oxygens (including phenoxy) is 1. The number of benzene rings is 1. The number of rotatable bonds is 6. The summed E-state index contributed by atoms with van der Waals surface area (Å²) in [6.07, 6.45) is 0.139. The van der Waals surface area contributed by atoms with E-state index in [1.54, 1.807) is 0 Å². The first kappa shape index (κ1) is 17.0. The molecule has 0 radical (unpaired) electrons. The number of aryl methyl sites for hydroxylation is 2. The molecule has 21 heavy (non-hydrogen) atoms. The highest BCUT2D eigenvalue weighted by atomic mass is 16.5. The zero-order valence-electron chi connectivity index (χ0n) is 13.3. The molecule has 0 fully saturated rings. The maximum Gasteiger partial charge on any atom is 0.329 e. The number of amides is 1. The first-order valence-electron chi connectivity index (χ1n) is 6.86. The van der Waals surface area contributed by atoms with Gasteiger partial charge in [-0.3, -0.25) is 4.79 Å². The van der Waals surface area contributed by atoms with E-state index in [1.807, 2.05) is 32.0 Å². The Hall–Kier alpha value is -2.04. The fraction of sp³-hybridized carbons (Fsp3) is 0.500. The van der Waals surface area contributed by atoms with Crippen molar-refractivity contribution in [2.45, 2.75) is 39.7 Å². The Kier molecular flexibility index (Phi) is 5.35. The van der Waals surface area contributed by atoms with Gasteiger partial charge in [0.05, 0.1) is 13.0 Å². The third kappa shape index (κ3) is 4.21. The molecule has 0 unspecified atom stereocenters. The van der Waals surface area contributed by atoms with Crippen molar-refractivity contribution < 1.29 is 19.4 Å². The molecule has 116 valence electrons. The van der Waals surface area contributed by atoms with Crippen molar-refractivity contribution in [3.05, 3.63) is 29.3 Å². The predicted octanol–water partition coefficient (Wildman–Crippen LogP) is 2.39. The van der Waals surface area contributed by atoms with Gasteiger partial charge in [-0.2, -0.15) is 0 Å². The average Bonchev–Trinajstić information content (AvgIpc) is 2.39. The van der Waals surface area contributed by atoms with Crippen LogP contribution in [0.25, 0.3) is 0 Å². The number of aliphatic carboxylic acids is 1. The smallest absolute Gasteiger partial charge is 0.329 e. The standard InChI is InChI=1S/C16H23NO4/c1-11-6-7-13(12(2)10-11)21-9-8-14(18)17(5)16(3,4)15(19)20/h6-7,10H,8-9H2,1-5H3,(H,19,20). The molecular weight excluding hydrogens is 270 g/mol. The summed E-state index contributed by atoms with van der Waals surface area (Å²) in [5.74, 6) is -0.547. The molecule has 1 aromatic carbocycles.